The summed E-state index contributed by atoms with van der Waals surface area (Å²) in [5.74, 6) is 0.287. The molecular formula is C20H21ClN2. The molecule has 0 N–H and O–H groups in total. The van der Waals surface area contributed by atoms with Crippen LogP contribution in [0.3, 0.4) is 0 Å². The largest absolute Gasteiger partial charge is 0.302 e. The molecule has 23 heavy (non-hydrogen) atoms. The van der Waals surface area contributed by atoms with Gasteiger partial charge in [0.25, 0.3) is 0 Å². The number of aryl methyl sites for hydroxylation is 2. The number of rotatable bonds is 1. The SMILES string of the molecule is CN1CC=C(C2c3ccc(Cl)cc3CCc3cccnc32)CC1. The van der Waals surface area contributed by atoms with Gasteiger partial charge in [0, 0.05) is 30.2 Å². The molecule has 1 aliphatic carbocycles. The number of aromatic nitrogens is 1. The van der Waals surface area contributed by atoms with Crippen molar-refractivity contribution in [3.8, 4) is 0 Å². The minimum Gasteiger partial charge on any atom is -0.302 e. The van der Waals surface area contributed by atoms with E-state index in [1.165, 1.54) is 28.0 Å². The summed E-state index contributed by atoms with van der Waals surface area (Å²) in [5, 5.41) is 0.832. The minimum atomic E-state index is 0.287. The number of pyridine rings is 1. The third kappa shape index (κ3) is 2.82. The Morgan fingerprint density at radius 2 is 2.00 bits per heavy atom. The van der Waals surface area contributed by atoms with Crippen molar-refractivity contribution in [2.24, 2.45) is 0 Å². The molecule has 0 saturated heterocycles. The highest BCUT2D eigenvalue weighted by atomic mass is 35.5. The molecule has 0 fully saturated rings. The first-order valence-electron chi connectivity index (χ1n) is 8.32. The molecule has 2 aromatic rings. The molecule has 2 aliphatic rings. The van der Waals surface area contributed by atoms with Gasteiger partial charge in [0.1, 0.15) is 0 Å². The smallest absolute Gasteiger partial charge is 0.0551 e. The van der Waals surface area contributed by atoms with Gasteiger partial charge in [-0.1, -0.05) is 35.4 Å². The van der Waals surface area contributed by atoms with Crippen molar-refractivity contribution in [2.45, 2.75) is 25.2 Å². The molecule has 0 spiro atoms. The lowest BCUT2D eigenvalue weighted by Gasteiger charge is -2.28. The van der Waals surface area contributed by atoms with E-state index in [0.717, 1.165) is 37.4 Å². The van der Waals surface area contributed by atoms with Crippen LogP contribution in [0.4, 0.5) is 0 Å². The van der Waals surface area contributed by atoms with E-state index in [0.29, 0.717) is 0 Å². The van der Waals surface area contributed by atoms with Gasteiger partial charge in [-0.3, -0.25) is 4.98 Å². The van der Waals surface area contributed by atoms with E-state index in [-0.39, 0.29) is 5.92 Å². The van der Waals surface area contributed by atoms with Crippen molar-refractivity contribution < 1.29 is 0 Å². The lowest BCUT2D eigenvalue weighted by Crippen LogP contribution is -2.26. The molecule has 1 aliphatic heterocycles. The standard InChI is InChI=1S/C20H21ClN2/c1-23-11-8-14(9-12-23)19-18-7-6-17(21)13-16(18)5-4-15-3-2-10-22-20(15)19/h2-3,6-8,10,13,19H,4-5,9,11-12H2,1H3. The molecule has 1 unspecified atom stereocenters. The Balaban J connectivity index is 1.88. The average molecular weight is 325 g/mol. The Labute approximate surface area is 142 Å². The molecule has 0 radical (unpaired) electrons. The molecule has 0 saturated carbocycles. The summed E-state index contributed by atoms with van der Waals surface area (Å²) < 4.78 is 0. The summed E-state index contributed by atoms with van der Waals surface area (Å²) in [6.45, 7) is 2.14. The second kappa shape index (κ2) is 6.10. The Kier molecular flexibility index (Phi) is 3.96. The zero-order chi connectivity index (χ0) is 15.8. The molecule has 1 atom stereocenters. The molecule has 3 heteroatoms. The summed E-state index contributed by atoms with van der Waals surface area (Å²) in [4.78, 5) is 7.15. The van der Waals surface area contributed by atoms with Gasteiger partial charge in [0.2, 0.25) is 0 Å². The summed E-state index contributed by atoms with van der Waals surface area (Å²) in [7, 11) is 2.18. The second-order valence-corrected chi connectivity index (χ2v) is 7.05. The predicted octanol–water partition coefficient (Wildman–Crippen LogP) is 4.23. The van der Waals surface area contributed by atoms with Crippen molar-refractivity contribution in [1.29, 1.82) is 0 Å². The summed E-state index contributed by atoms with van der Waals surface area (Å²) in [6.07, 6.45) is 7.52. The Morgan fingerprint density at radius 1 is 1.13 bits per heavy atom. The highest BCUT2D eigenvalue weighted by Crippen LogP contribution is 2.40. The molecule has 1 aromatic carbocycles. The highest BCUT2D eigenvalue weighted by molar-refractivity contribution is 6.30. The van der Waals surface area contributed by atoms with E-state index < -0.39 is 0 Å². The minimum absolute atomic E-state index is 0.287. The average Bonchev–Trinajstić information content (AvgIpc) is 2.72. The first kappa shape index (κ1) is 14.9. The van der Waals surface area contributed by atoms with Gasteiger partial charge in [0.05, 0.1) is 5.69 Å². The van der Waals surface area contributed by atoms with E-state index in [2.05, 4.69) is 42.3 Å². The third-order valence-corrected chi connectivity index (χ3v) is 5.33. The monoisotopic (exact) mass is 324 g/mol. The molecule has 1 aromatic heterocycles. The summed E-state index contributed by atoms with van der Waals surface area (Å²) >= 11 is 6.26. The number of likely N-dealkylation sites (N-methyl/N-ethyl adjacent to an activating group) is 1. The molecular weight excluding hydrogens is 304 g/mol. The van der Waals surface area contributed by atoms with E-state index in [1.807, 2.05) is 12.3 Å². The lowest BCUT2D eigenvalue weighted by molar-refractivity contribution is 0.355. The third-order valence-electron chi connectivity index (χ3n) is 5.10. The van der Waals surface area contributed by atoms with Crippen LogP contribution in [0.5, 0.6) is 0 Å². The predicted molar refractivity (Wildman–Crippen MR) is 95.1 cm³/mol. The maximum Gasteiger partial charge on any atom is 0.0551 e. The fourth-order valence-electron chi connectivity index (χ4n) is 3.84. The molecule has 2 nitrogen and oxygen atoms in total. The zero-order valence-corrected chi connectivity index (χ0v) is 14.2. The maximum absolute atomic E-state index is 6.26. The van der Waals surface area contributed by atoms with Gasteiger partial charge in [-0.15, -0.1) is 0 Å². The first-order chi connectivity index (χ1) is 11.2. The van der Waals surface area contributed by atoms with Gasteiger partial charge < -0.3 is 4.90 Å². The van der Waals surface area contributed by atoms with Crippen LogP contribution in [0, 0.1) is 0 Å². The van der Waals surface area contributed by atoms with E-state index >= 15 is 0 Å². The topological polar surface area (TPSA) is 16.1 Å². The normalized spacial score (nSPS) is 21.1. The van der Waals surface area contributed by atoms with Crippen LogP contribution in [0.2, 0.25) is 5.02 Å². The van der Waals surface area contributed by atoms with Crippen molar-refractivity contribution in [2.75, 3.05) is 20.1 Å². The molecule has 2 heterocycles. The van der Waals surface area contributed by atoms with Crippen LogP contribution in [0.25, 0.3) is 0 Å². The van der Waals surface area contributed by atoms with Crippen LogP contribution >= 0.6 is 11.6 Å². The Bertz CT molecular complexity index is 766. The van der Waals surface area contributed by atoms with Gasteiger partial charge in [-0.05, 0) is 61.2 Å². The van der Waals surface area contributed by atoms with Crippen LogP contribution in [0.15, 0.2) is 48.2 Å². The number of nitrogens with zero attached hydrogens (tertiary/aromatic N) is 2. The van der Waals surface area contributed by atoms with Gasteiger partial charge in [0.15, 0.2) is 0 Å². The number of halogens is 1. The highest BCUT2D eigenvalue weighted by Gasteiger charge is 2.28. The Hall–Kier alpha value is -1.64. The number of hydrogen-bond donors (Lipinski definition) is 0. The number of benzene rings is 1. The van der Waals surface area contributed by atoms with Gasteiger partial charge in [-0.25, -0.2) is 0 Å². The summed E-state index contributed by atoms with van der Waals surface area (Å²) in [6, 6.07) is 10.7. The van der Waals surface area contributed by atoms with Crippen molar-refractivity contribution in [3.63, 3.8) is 0 Å². The molecule has 118 valence electrons. The van der Waals surface area contributed by atoms with Crippen molar-refractivity contribution in [3.05, 3.63) is 75.6 Å². The molecule has 4 rings (SSSR count). The first-order valence-corrected chi connectivity index (χ1v) is 8.70. The van der Waals surface area contributed by atoms with Crippen LogP contribution in [0.1, 0.15) is 34.7 Å². The van der Waals surface area contributed by atoms with Gasteiger partial charge in [-0.2, -0.15) is 0 Å². The number of hydrogen-bond acceptors (Lipinski definition) is 2. The lowest BCUT2D eigenvalue weighted by atomic mass is 9.82. The van der Waals surface area contributed by atoms with Crippen LogP contribution in [-0.4, -0.2) is 30.0 Å². The Morgan fingerprint density at radius 3 is 2.83 bits per heavy atom. The zero-order valence-electron chi connectivity index (χ0n) is 13.4. The van der Waals surface area contributed by atoms with Crippen LogP contribution in [-0.2, 0) is 12.8 Å². The summed E-state index contributed by atoms with van der Waals surface area (Å²) in [5.41, 5.74) is 6.89. The van der Waals surface area contributed by atoms with Gasteiger partial charge >= 0.3 is 0 Å². The second-order valence-electron chi connectivity index (χ2n) is 6.62. The molecule has 0 amide bonds. The van der Waals surface area contributed by atoms with Crippen molar-refractivity contribution in [1.82, 2.24) is 9.88 Å². The maximum atomic E-state index is 6.26. The molecule has 0 bridgehead atoms. The number of fused-ring (bicyclic) bond motifs is 2. The fraction of sp³-hybridized carbons (Fsp3) is 0.350. The quantitative estimate of drug-likeness (QED) is 0.730. The van der Waals surface area contributed by atoms with Crippen LogP contribution < -0.4 is 0 Å². The van der Waals surface area contributed by atoms with E-state index in [9.17, 15) is 0 Å². The van der Waals surface area contributed by atoms with Crippen molar-refractivity contribution >= 4 is 11.6 Å². The van der Waals surface area contributed by atoms with E-state index in [1.54, 1.807) is 0 Å². The van der Waals surface area contributed by atoms with E-state index in [4.69, 9.17) is 16.6 Å². The fourth-order valence-corrected chi connectivity index (χ4v) is 4.03.